The summed E-state index contributed by atoms with van der Waals surface area (Å²) in [4.78, 5) is 10.4. The van der Waals surface area contributed by atoms with Gasteiger partial charge in [-0.2, -0.15) is 0 Å². The van der Waals surface area contributed by atoms with Crippen LogP contribution in [0, 0.1) is 0 Å². The molecule has 2 heterocycles. The van der Waals surface area contributed by atoms with E-state index in [1.165, 1.54) is 43.1 Å². The van der Waals surface area contributed by atoms with E-state index in [-0.39, 0.29) is 0 Å². The molecule has 0 atom stereocenters. The van der Waals surface area contributed by atoms with Crippen molar-refractivity contribution in [2.45, 2.75) is 0 Å². The summed E-state index contributed by atoms with van der Waals surface area (Å²) in [6.45, 7) is 0. The highest BCUT2D eigenvalue weighted by Gasteiger charge is 2.23. The average Bonchev–Trinajstić information content (AvgIpc) is 3.36. The van der Waals surface area contributed by atoms with Gasteiger partial charge in [-0.25, -0.2) is 9.97 Å². The van der Waals surface area contributed by atoms with Crippen molar-refractivity contribution in [3.63, 3.8) is 0 Å². The number of hydrogen-bond donors (Lipinski definition) is 0. The lowest BCUT2D eigenvalue weighted by Gasteiger charge is -2.13. The number of fused-ring (bicyclic) bond motifs is 1. The summed E-state index contributed by atoms with van der Waals surface area (Å²) in [5, 5.41) is 10.3. The first kappa shape index (κ1) is 20.7. The Balaban J connectivity index is 1.46. The third-order valence-electron chi connectivity index (χ3n) is 8.12. The number of benzene rings is 7. The average molecular weight is 496 g/mol. The van der Waals surface area contributed by atoms with Crippen LogP contribution in [0.25, 0.3) is 82.6 Å². The summed E-state index contributed by atoms with van der Waals surface area (Å²) in [6.07, 6.45) is 0. The highest BCUT2D eigenvalue weighted by atomic mass is 15.2. The maximum Gasteiger partial charge on any atom is 0.235 e. The first-order valence-electron chi connectivity index (χ1n) is 13.3. The lowest BCUT2D eigenvalue weighted by Crippen LogP contribution is -2.03. The number of rotatable bonds is 3. The second-order valence-corrected chi connectivity index (χ2v) is 10.2. The molecule has 0 saturated carbocycles. The largest absolute Gasteiger partial charge is 0.278 e. The SMILES string of the molecule is c1ccc(-c2cc(-c3ccccc3)nc(-n3c4cccc5c6cccc7ccc8ccc3c(c8c76)c54)n2)cc1. The van der Waals surface area contributed by atoms with Crippen LogP contribution < -0.4 is 0 Å². The minimum absolute atomic E-state index is 0.685. The topological polar surface area (TPSA) is 30.7 Å². The van der Waals surface area contributed by atoms with Crippen LogP contribution in [0.3, 0.4) is 0 Å². The van der Waals surface area contributed by atoms with Crippen LogP contribution in [0.5, 0.6) is 0 Å². The van der Waals surface area contributed by atoms with E-state index in [2.05, 4.69) is 120 Å². The molecular weight excluding hydrogens is 474 g/mol. The Morgan fingerprint density at radius 3 is 1.67 bits per heavy atom. The Hall–Kier alpha value is -5.28. The Labute approximate surface area is 224 Å². The molecule has 9 rings (SSSR count). The number of aromatic nitrogens is 3. The molecule has 7 aromatic carbocycles. The van der Waals surface area contributed by atoms with E-state index >= 15 is 0 Å². The van der Waals surface area contributed by atoms with Crippen molar-refractivity contribution < 1.29 is 0 Å². The van der Waals surface area contributed by atoms with Crippen LogP contribution in [-0.2, 0) is 0 Å². The first-order chi connectivity index (χ1) is 19.3. The molecule has 0 aliphatic heterocycles. The van der Waals surface area contributed by atoms with Crippen molar-refractivity contribution in [2.24, 2.45) is 0 Å². The molecule has 0 saturated heterocycles. The van der Waals surface area contributed by atoms with Gasteiger partial charge in [-0.1, -0.05) is 109 Å². The van der Waals surface area contributed by atoms with Crippen LogP contribution in [0.2, 0.25) is 0 Å². The fourth-order valence-corrected chi connectivity index (χ4v) is 6.45. The lowest BCUT2D eigenvalue weighted by molar-refractivity contribution is 0.996. The zero-order chi connectivity index (χ0) is 25.5. The number of hydrogen-bond acceptors (Lipinski definition) is 2. The predicted octanol–water partition coefficient (Wildman–Crippen LogP) is 9.24. The maximum atomic E-state index is 5.19. The Morgan fingerprint density at radius 2 is 0.974 bits per heavy atom. The Kier molecular flexibility index (Phi) is 4.05. The Bertz CT molecular complexity index is 2260. The highest BCUT2D eigenvalue weighted by Crippen LogP contribution is 2.46. The summed E-state index contributed by atoms with van der Waals surface area (Å²) < 4.78 is 2.26. The molecular formula is C36H21N3. The minimum atomic E-state index is 0.685. The quantitative estimate of drug-likeness (QED) is 0.181. The van der Waals surface area contributed by atoms with Crippen molar-refractivity contribution in [3.8, 4) is 28.5 Å². The van der Waals surface area contributed by atoms with Crippen LogP contribution in [0.15, 0.2) is 127 Å². The molecule has 0 radical (unpaired) electrons. The summed E-state index contributed by atoms with van der Waals surface area (Å²) >= 11 is 0. The summed E-state index contributed by atoms with van der Waals surface area (Å²) in [5.41, 5.74) is 6.23. The molecule has 0 fully saturated rings. The number of nitrogens with zero attached hydrogens (tertiary/aromatic N) is 3. The molecule has 0 bridgehead atoms. The molecule has 2 aromatic heterocycles. The molecule has 180 valence electrons. The molecule has 0 spiro atoms. The monoisotopic (exact) mass is 495 g/mol. The summed E-state index contributed by atoms with van der Waals surface area (Å²) in [7, 11) is 0. The molecule has 3 heteroatoms. The van der Waals surface area contributed by atoms with Crippen molar-refractivity contribution in [2.75, 3.05) is 0 Å². The van der Waals surface area contributed by atoms with E-state index in [1.54, 1.807) is 0 Å². The smallest absolute Gasteiger partial charge is 0.235 e. The van der Waals surface area contributed by atoms with Gasteiger partial charge in [0.1, 0.15) is 0 Å². The summed E-state index contributed by atoms with van der Waals surface area (Å²) in [5.74, 6) is 0.685. The Morgan fingerprint density at radius 1 is 0.410 bits per heavy atom. The standard InChI is InChI=1S/C36H21N3/c1-3-9-22(10-4-1)28-21-29(23-11-5-2-6-12-23)38-36(37-28)39-30-16-8-15-27-26-14-7-13-24-17-18-25-19-20-31(39)35(34(27)30)33(25)32(24)26/h1-21H. The highest BCUT2D eigenvalue weighted by molar-refractivity contribution is 6.40. The van der Waals surface area contributed by atoms with Gasteiger partial charge in [-0.15, -0.1) is 0 Å². The van der Waals surface area contributed by atoms with Crippen molar-refractivity contribution in [3.05, 3.63) is 127 Å². The normalized spacial score (nSPS) is 12.1. The lowest BCUT2D eigenvalue weighted by atomic mass is 9.89. The zero-order valence-corrected chi connectivity index (χ0v) is 21.0. The zero-order valence-electron chi connectivity index (χ0n) is 21.0. The minimum Gasteiger partial charge on any atom is -0.278 e. The fraction of sp³-hybridized carbons (Fsp3) is 0. The van der Waals surface area contributed by atoms with Gasteiger partial charge in [-0.3, -0.25) is 4.57 Å². The van der Waals surface area contributed by atoms with E-state index in [4.69, 9.17) is 9.97 Å². The van der Waals surface area contributed by atoms with Gasteiger partial charge in [-0.05, 0) is 45.1 Å². The van der Waals surface area contributed by atoms with Gasteiger partial charge in [0.05, 0.1) is 22.4 Å². The second-order valence-electron chi connectivity index (χ2n) is 10.2. The van der Waals surface area contributed by atoms with Gasteiger partial charge in [0.25, 0.3) is 0 Å². The van der Waals surface area contributed by atoms with Crippen LogP contribution in [0.4, 0.5) is 0 Å². The molecule has 3 nitrogen and oxygen atoms in total. The van der Waals surface area contributed by atoms with Crippen LogP contribution in [0.1, 0.15) is 0 Å². The van der Waals surface area contributed by atoms with E-state index < -0.39 is 0 Å². The predicted molar refractivity (Wildman–Crippen MR) is 162 cm³/mol. The van der Waals surface area contributed by atoms with Gasteiger partial charge in [0.15, 0.2) is 0 Å². The van der Waals surface area contributed by atoms with E-state index in [0.29, 0.717) is 5.95 Å². The van der Waals surface area contributed by atoms with Gasteiger partial charge >= 0.3 is 0 Å². The third-order valence-corrected chi connectivity index (χ3v) is 8.12. The van der Waals surface area contributed by atoms with Crippen LogP contribution in [-0.4, -0.2) is 14.5 Å². The van der Waals surface area contributed by atoms with E-state index in [0.717, 1.165) is 33.5 Å². The fourth-order valence-electron chi connectivity index (χ4n) is 6.45. The molecule has 0 amide bonds. The summed E-state index contributed by atoms with van der Waals surface area (Å²) in [6, 6.07) is 45.1. The van der Waals surface area contributed by atoms with Crippen molar-refractivity contribution >= 4 is 54.1 Å². The van der Waals surface area contributed by atoms with Crippen molar-refractivity contribution in [1.82, 2.24) is 14.5 Å². The maximum absolute atomic E-state index is 5.19. The van der Waals surface area contributed by atoms with Gasteiger partial charge in [0.2, 0.25) is 5.95 Å². The van der Waals surface area contributed by atoms with Crippen molar-refractivity contribution in [1.29, 1.82) is 0 Å². The molecule has 0 N–H and O–H groups in total. The second kappa shape index (κ2) is 7.62. The van der Waals surface area contributed by atoms with E-state index in [1.807, 2.05) is 12.1 Å². The molecule has 0 unspecified atom stereocenters. The van der Waals surface area contributed by atoms with E-state index in [9.17, 15) is 0 Å². The molecule has 0 aliphatic rings. The molecule has 9 aromatic rings. The van der Waals surface area contributed by atoms with Gasteiger partial charge in [0, 0.05) is 27.3 Å². The third kappa shape index (κ3) is 2.82. The first-order valence-corrected chi connectivity index (χ1v) is 13.3. The van der Waals surface area contributed by atoms with Crippen LogP contribution >= 0.6 is 0 Å². The molecule has 39 heavy (non-hydrogen) atoms. The van der Waals surface area contributed by atoms with Gasteiger partial charge < -0.3 is 0 Å². The molecule has 0 aliphatic carbocycles.